The van der Waals surface area contributed by atoms with E-state index >= 15 is 0 Å². The third-order valence-electron chi connectivity index (χ3n) is 4.38. The molecule has 0 atom stereocenters. The Hall–Kier alpha value is -1.38. The molecule has 0 fully saturated rings. The molecule has 0 aliphatic carbocycles. The lowest BCUT2D eigenvalue weighted by Gasteiger charge is -2.02. The summed E-state index contributed by atoms with van der Waals surface area (Å²) in [6.07, 6.45) is 19.8. The molecule has 23 heavy (non-hydrogen) atoms. The molecule has 1 rings (SSSR count). The van der Waals surface area contributed by atoms with Crippen molar-refractivity contribution < 1.29 is 14.5 Å². The molecule has 130 valence electrons. The second-order valence-corrected chi connectivity index (χ2v) is 6.52. The number of aryl methyl sites for hydroxylation is 1. The first-order valence-corrected chi connectivity index (χ1v) is 9.46. The van der Waals surface area contributed by atoms with E-state index in [9.17, 15) is 4.79 Å². The Morgan fingerprint density at radius 2 is 1.43 bits per heavy atom. The van der Waals surface area contributed by atoms with Gasteiger partial charge in [0.05, 0.1) is 0 Å². The summed E-state index contributed by atoms with van der Waals surface area (Å²) < 4.78 is 1.99. The van der Waals surface area contributed by atoms with E-state index in [1.165, 1.54) is 70.6 Å². The van der Waals surface area contributed by atoms with Crippen LogP contribution in [0.25, 0.3) is 0 Å². The summed E-state index contributed by atoms with van der Waals surface area (Å²) in [5.74, 6) is -0.853. The highest BCUT2D eigenvalue weighted by atomic mass is 16.4. The van der Waals surface area contributed by atoms with E-state index in [0.717, 1.165) is 13.0 Å². The molecule has 1 aromatic heterocycles. The monoisotopic (exact) mass is 320 g/mol. The summed E-state index contributed by atoms with van der Waals surface area (Å²) in [6.45, 7) is 3.18. The molecule has 1 heterocycles. The molecular weight excluding hydrogens is 286 g/mol. The zero-order valence-electron chi connectivity index (χ0n) is 14.8. The molecule has 3 nitrogen and oxygen atoms in total. The third-order valence-corrected chi connectivity index (χ3v) is 4.38. The number of carboxylic acids is 1. The molecule has 0 saturated heterocycles. The van der Waals surface area contributed by atoms with Gasteiger partial charge >= 0.3 is 5.97 Å². The number of unbranched alkanes of at least 4 members (excludes halogenated alkanes) is 11. The summed E-state index contributed by atoms with van der Waals surface area (Å²) in [4.78, 5) is 10.9. The standard InChI is InChI=1S/C20H33NO2/c1-2-3-4-5-6-7-8-9-10-11-12-13-16-21-17-14-15-19(18-21)20(22)23/h14-15,17-18H,2-13,16H2,1H3/p+1. The van der Waals surface area contributed by atoms with Crippen molar-refractivity contribution in [2.75, 3.05) is 0 Å². The van der Waals surface area contributed by atoms with E-state index < -0.39 is 5.97 Å². The van der Waals surface area contributed by atoms with Crippen LogP contribution in [0.15, 0.2) is 24.5 Å². The molecule has 0 amide bonds. The van der Waals surface area contributed by atoms with E-state index in [0.29, 0.717) is 5.56 Å². The first-order valence-electron chi connectivity index (χ1n) is 9.46. The number of rotatable bonds is 14. The van der Waals surface area contributed by atoms with Crippen LogP contribution in [0.4, 0.5) is 0 Å². The molecular formula is C20H34NO2+. The van der Waals surface area contributed by atoms with Crippen LogP contribution in [-0.4, -0.2) is 11.1 Å². The van der Waals surface area contributed by atoms with Gasteiger partial charge in [0.25, 0.3) is 0 Å². The van der Waals surface area contributed by atoms with Crippen molar-refractivity contribution >= 4 is 5.97 Å². The lowest BCUT2D eigenvalue weighted by Crippen LogP contribution is -2.33. The van der Waals surface area contributed by atoms with Gasteiger partial charge in [0.15, 0.2) is 12.4 Å². The lowest BCUT2D eigenvalue weighted by atomic mass is 10.1. The topological polar surface area (TPSA) is 41.2 Å². The van der Waals surface area contributed by atoms with Gasteiger partial charge in [0.1, 0.15) is 12.1 Å². The molecule has 0 aromatic carbocycles. The maximum atomic E-state index is 10.9. The minimum atomic E-state index is -0.853. The smallest absolute Gasteiger partial charge is 0.341 e. The fourth-order valence-corrected chi connectivity index (χ4v) is 2.92. The quantitative estimate of drug-likeness (QED) is 0.369. The van der Waals surface area contributed by atoms with E-state index in [1.807, 2.05) is 16.8 Å². The van der Waals surface area contributed by atoms with Crippen molar-refractivity contribution in [2.45, 2.75) is 90.5 Å². The Kier molecular flexibility index (Phi) is 11.2. The van der Waals surface area contributed by atoms with E-state index in [1.54, 1.807) is 12.3 Å². The highest BCUT2D eigenvalue weighted by molar-refractivity contribution is 5.86. The van der Waals surface area contributed by atoms with Gasteiger partial charge in [-0.2, -0.15) is 0 Å². The number of pyridine rings is 1. The normalized spacial score (nSPS) is 10.8. The van der Waals surface area contributed by atoms with E-state index in [4.69, 9.17) is 5.11 Å². The van der Waals surface area contributed by atoms with Crippen LogP contribution < -0.4 is 4.57 Å². The second-order valence-electron chi connectivity index (χ2n) is 6.52. The number of carbonyl (C=O) groups is 1. The predicted octanol–water partition coefficient (Wildman–Crippen LogP) is 5.37. The first-order chi connectivity index (χ1) is 11.2. The molecule has 0 radical (unpaired) electrons. The lowest BCUT2D eigenvalue weighted by molar-refractivity contribution is -0.697. The highest BCUT2D eigenvalue weighted by Crippen LogP contribution is 2.11. The van der Waals surface area contributed by atoms with Crippen LogP contribution in [-0.2, 0) is 6.54 Å². The molecule has 0 unspecified atom stereocenters. The Bertz CT molecular complexity index is 431. The van der Waals surface area contributed by atoms with Crippen molar-refractivity contribution in [3.8, 4) is 0 Å². The van der Waals surface area contributed by atoms with Crippen molar-refractivity contribution in [1.29, 1.82) is 0 Å². The number of nitrogens with zero attached hydrogens (tertiary/aromatic N) is 1. The van der Waals surface area contributed by atoms with Gasteiger partial charge in [-0.3, -0.25) is 0 Å². The number of hydrogen-bond donors (Lipinski definition) is 1. The minimum absolute atomic E-state index is 0.367. The SMILES string of the molecule is CCCCCCCCCCCCCC[n+]1cccc(C(=O)O)c1. The van der Waals surface area contributed by atoms with Crippen LogP contribution in [0.2, 0.25) is 0 Å². The molecule has 0 aliphatic heterocycles. The average molecular weight is 320 g/mol. The fourth-order valence-electron chi connectivity index (χ4n) is 2.92. The number of hydrogen-bond acceptors (Lipinski definition) is 1. The Balaban J connectivity index is 1.93. The van der Waals surface area contributed by atoms with Crippen LogP contribution in [0, 0.1) is 0 Å². The number of aromatic carboxylic acids is 1. The van der Waals surface area contributed by atoms with Gasteiger partial charge in [-0.15, -0.1) is 0 Å². The van der Waals surface area contributed by atoms with Crippen molar-refractivity contribution in [3.05, 3.63) is 30.1 Å². The van der Waals surface area contributed by atoms with Crippen molar-refractivity contribution in [2.24, 2.45) is 0 Å². The molecule has 0 saturated carbocycles. The molecule has 1 N–H and O–H groups in total. The molecule has 0 aliphatic rings. The largest absolute Gasteiger partial charge is 0.477 e. The average Bonchev–Trinajstić information content (AvgIpc) is 2.56. The Morgan fingerprint density at radius 3 is 1.96 bits per heavy atom. The molecule has 0 bridgehead atoms. The highest BCUT2D eigenvalue weighted by Gasteiger charge is 2.08. The van der Waals surface area contributed by atoms with Crippen LogP contribution >= 0.6 is 0 Å². The summed E-state index contributed by atoms with van der Waals surface area (Å²) in [6, 6.07) is 3.45. The maximum Gasteiger partial charge on any atom is 0.341 e. The van der Waals surface area contributed by atoms with Gasteiger partial charge in [0, 0.05) is 12.5 Å². The summed E-state index contributed by atoms with van der Waals surface area (Å²) >= 11 is 0. The third kappa shape index (κ3) is 10.1. The van der Waals surface area contributed by atoms with Crippen LogP contribution in [0.5, 0.6) is 0 Å². The van der Waals surface area contributed by atoms with E-state index in [2.05, 4.69) is 6.92 Å². The predicted molar refractivity (Wildman–Crippen MR) is 94.7 cm³/mol. The van der Waals surface area contributed by atoms with Gasteiger partial charge in [-0.05, 0) is 12.5 Å². The number of aromatic nitrogens is 1. The van der Waals surface area contributed by atoms with Crippen molar-refractivity contribution in [1.82, 2.24) is 0 Å². The van der Waals surface area contributed by atoms with Gasteiger partial charge in [-0.1, -0.05) is 71.1 Å². The Morgan fingerprint density at radius 1 is 0.913 bits per heavy atom. The Labute approximate surface area is 141 Å². The number of carboxylic acid groups (broad SMARTS) is 1. The zero-order valence-corrected chi connectivity index (χ0v) is 14.8. The van der Waals surface area contributed by atoms with Crippen LogP contribution in [0.1, 0.15) is 94.3 Å². The maximum absolute atomic E-state index is 10.9. The van der Waals surface area contributed by atoms with Crippen molar-refractivity contribution in [3.63, 3.8) is 0 Å². The first kappa shape index (κ1) is 19.7. The fraction of sp³-hybridized carbons (Fsp3) is 0.700. The second kappa shape index (κ2) is 13.1. The van der Waals surface area contributed by atoms with Crippen LogP contribution in [0.3, 0.4) is 0 Å². The summed E-state index contributed by atoms with van der Waals surface area (Å²) in [7, 11) is 0. The van der Waals surface area contributed by atoms with Gasteiger partial charge in [-0.25, -0.2) is 9.36 Å². The molecule has 3 heteroatoms. The summed E-state index contributed by atoms with van der Waals surface area (Å²) in [5, 5.41) is 8.97. The molecule has 1 aromatic rings. The zero-order chi connectivity index (χ0) is 16.8. The minimum Gasteiger partial charge on any atom is -0.477 e. The molecule has 0 spiro atoms. The summed E-state index contributed by atoms with van der Waals surface area (Å²) in [5.41, 5.74) is 0.367. The van der Waals surface area contributed by atoms with E-state index in [-0.39, 0.29) is 0 Å². The van der Waals surface area contributed by atoms with Gasteiger partial charge in [0.2, 0.25) is 0 Å². The van der Waals surface area contributed by atoms with Gasteiger partial charge < -0.3 is 5.11 Å².